The molecular weight excluding hydrogens is 311 g/mol. The maximum absolute atomic E-state index is 5.44. The molecule has 0 aliphatic carbocycles. The van der Waals surface area contributed by atoms with Crippen LogP contribution >= 0.6 is 8.58 Å². The molecule has 1 unspecified atom stereocenters. The minimum atomic E-state index is 0.816. The summed E-state index contributed by atoms with van der Waals surface area (Å²) in [7, 11) is 2.55. The fourth-order valence-corrected chi connectivity index (χ4v) is 3.87. The normalized spacial score (nSPS) is 11.1. The third kappa shape index (κ3) is 4.46. The molecule has 0 amide bonds. The van der Waals surface area contributed by atoms with Crippen molar-refractivity contribution in [2.45, 2.75) is 19.5 Å². The monoisotopic (exact) mass is 334 g/mol. The molecule has 3 aromatic carbocycles. The van der Waals surface area contributed by atoms with Crippen LogP contribution in [0.1, 0.15) is 22.3 Å². The lowest BCUT2D eigenvalue weighted by atomic mass is 10.0. The van der Waals surface area contributed by atoms with Gasteiger partial charge in [0.05, 0.1) is 7.11 Å². The van der Waals surface area contributed by atoms with Gasteiger partial charge in [-0.15, -0.1) is 0 Å². The number of ether oxygens (including phenoxy) is 1. The molecule has 0 bridgehead atoms. The molecule has 0 saturated carbocycles. The number of methoxy groups -OCH3 is 1. The first-order valence-electron chi connectivity index (χ1n) is 8.25. The van der Waals surface area contributed by atoms with Crippen molar-refractivity contribution in [3.63, 3.8) is 0 Å². The van der Waals surface area contributed by atoms with Crippen molar-refractivity contribution in [2.75, 3.05) is 7.11 Å². The van der Waals surface area contributed by atoms with E-state index in [1.165, 1.54) is 27.6 Å². The van der Waals surface area contributed by atoms with Crippen molar-refractivity contribution in [3.05, 3.63) is 95.1 Å². The highest BCUT2D eigenvalue weighted by atomic mass is 31.1. The predicted octanol–water partition coefficient (Wildman–Crippen LogP) is 5.10. The lowest BCUT2D eigenvalue weighted by Gasteiger charge is -2.09. The standard InChI is InChI=1S/C22H23OP/c1-17-6-5-7-19(14-17)16-24-21-12-10-18(11-13-21)15-20-8-3-4-9-22(20)23-2/h3-14,24H,15-16H2,1-2H3. The van der Waals surface area contributed by atoms with Crippen LogP contribution in [-0.2, 0) is 12.6 Å². The molecule has 24 heavy (non-hydrogen) atoms. The van der Waals surface area contributed by atoms with Crippen LogP contribution in [-0.4, -0.2) is 7.11 Å². The molecule has 122 valence electrons. The molecule has 2 heteroatoms. The Balaban J connectivity index is 1.63. The van der Waals surface area contributed by atoms with Crippen LogP contribution in [0.5, 0.6) is 5.75 Å². The van der Waals surface area contributed by atoms with Crippen LogP contribution in [0.15, 0.2) is 72.8 Å². The fourth-order valence-electron chi connectivity index (χ4n) is 2.84. The number of hydrogen-bond donors (Lipinski definition) is 0. The van der Waals surface area contributed by atoms with Gasteiger partial charge < -0.3 is 4.74 Å². The Bertz CT molecular complexity index is 793. The smallest absolute Gasteiger partial charge is 0.122 e. The summed E-state index contributed by atoms with van der Waals surface area (Å²) in [5.74, 6) is 0.961. The van der Waals surface area contributed by atoms with Crippen molar-refractivity contribution in [2.24, 2.45) is 0 Å². The van der Waals surface area contributed by atoms with E-state index in [9.17, 15) is 0 Å². The minimum absolute atomic E-state index is 0.816. The van der Waals surface area contributed by atoms with Crippen LogP contribution in [0, 0.1) is 6.92 Å². The van der Waals surface area contributed by atoms with Gasteiger partial charge in [-0.25, -0.2) is 0 Å². The van der Waals surface area contributed by atoms with Crippen molar-refractivity contribution in [1.82, 2.24) is 0 Å². The molecular formula is C22H23OP. The van der Waals surface area contributed by atoms with E-state index in [0.29, 0.717) is 0 Å². The Hall–Kier alpha value is -2.11. The van der Waals surface area contributed by atoms with Crippen LogP contribution in [0.25, 0.3) is 0 Å². The quantitative estimate of drug-likeness (QED) is 0.570. The van der Waals surface area contributed by atoms with Crippen molar-refractivity contribution < 1.29 is 4.74 Å². The third-order valence-electron chi connectivity index (χ3n) is 4.12. The zero-order valence-electron chi connectivity index (χ0n) is 14.3. The summed E-state index contributed by atoms with van der Waals surface area (Å²) in [4.78, 5) is 0. The molecule has 0 saturated heterocycles. The second-order valence-electron chi connectivity index (χ2n) is 6.03. The second-order valence-corrected chi connectivity index (χ2v) is 7.31. The first-order chi connectivity index (χ1) is 11.7. The molecule has 1 nitrogen and oxygen atoms in total. The van der Waals surface area contributed by atoms with E-state index in [2.05, 4.69) is 67.6 Å². The minimum Gasteiger partial charge on any atom is -0.496 e. The van der Waals surface area contributed by atoms with E-state index in [-0.39, 0.29) is 0 Å². The molecule has 1 atom stereocenters. The molecule has 0 radical (unpaired) electrons. The number of rotatable bonds is 6. The Morgan fingerprint density at radius 3 is 2.38 bits per heavy atom. The number of hydrogen-bond acceptors (Lipinski definition) is 1. The highest BCUT2D eigenvalue weighted by Gasteiger charge is 2.03. The van der Waals surface area contributed by atoms with E-state index >= 15 is 0 Å². The maximum Gasteiger partial charge on any atom is 0.122 e. The van der Waals surface area contributed by atoms with Crippen molar-refractivity contribution >= 4 is 13.9 Å². The molecule has 3 rings (SSSR count). The van der Waals surface area contributed by atoms with Gasteiger partial charge in [0, 0.05) is 6.42 Å². The van der Waals surface area contributed by atoms with E-state index in [4.69, 9.17) is 4.74 Å². The van der Waals surface area contributed by atoms with Gasteiger partial charge in [-0.1, -0.05) is 80.9 Å². The maximum atomic E-state index is 5.44. The summed E-state index contributed by atoms with van der Waals surface area (Å²) in [6.45, 7) is 2.15. The van der Waals surface area contributed by atoms with Gasteiger partial charge in [-0.05, 0) is 41.1 Å². The summed E-state index contributed by atoms with van der Waals surface area (Å²) in [6, 6.07) is 26.0. The number of benzene rings is 3. The summed E-state index contributed by atoms with van der Waals surface area (Å²) in [5, 5.41) is 1.42. The van der Waals surface area contributed by atoms with Crippen LogP contribution in [0.3, 0.4) is 0 Å². The van der Waals surface area contributed by atoms with Crippen LogP contribution < -0.4 is 10.0 Å². The first-order valence-corrected chi connectivity index (χ1v) is 9.45. The van der Waals surface area contributed by atoms with Crippen LogP contribution in [0.4, 0.5) is 0 Å². The largest absolute Gasteiger partial charge is 0.496 e. The highest BCUT2D eigenvalue weighted by molar-refractivity contribution is 7.46. The zero-order chi connectivity index (χ0) is 16.8. The van der Waals surface area contributed by atoms with Gasteiger partial charge in [0.15, 0.2) is 0 Å². The summed E-state index contributed by atoms with van der Waals surface area (Å²) in [6.07, 6.45) is 2.03. The van der Waals surface area contributed by atoms with E-state index < -0.39 is 0 Å². The number of aryl methyl sites for hydroxylation is 1. The van der Waals surface area contributed by atoms with Gasteiger partial charge in [0.2, 0.25) is 0 Å². The average Bonchev–Trinajstić information content (AvgIpc) is 2.62. The molecule has 3 aromatic rings. The van der Waals surface area contributed by atoms with Crippen molar-refractivity contribution in [1.29, 1.82) is 0 Å². The molecule has 0 N–H and O–H groups in total. The molecule has 0 spiro atoms. The lowest BCUT2D eigenvalue weighted by Crippen LogP contribution is -1.98. The SMILES string of the molecule is COc1ccccc1Cc1ccc(PCc2cccc(C)c2)cc1. The lowest BCUT2D eigenvalue weighted by molar-refractivity contribution is 0.410. The topological polar surface area (TPSA) is 9.23 Å². The van der Waals surface area contributed by atoms with Gasteiger partial charge in [0.25, 0.3) is 0 Å². The Kier molecular flexibility index (Phi) is 5.67. The first kappa shape index (κ1) is 16.7. The molecule has 0 aliphatic heterocycles. The average molecular weight is 334 g/mol. The fraction of sp³-hybridized carbons (Fsp3) is 0.182. The van der Waals surface area contributed by atoms with Crippen LogP contribution in [0.2, 0.25) is 0 Å². The van der Waals surface area contributed by atoms with Gasteiger partial charge >= 0.3 is 0 Å². The van der Waals surface area contributed by atoms with Gasteiger partial charge in [0.1, 0.15) is 5.75 Å². The van der Waals surface area contributed by atoms with E-state index in [1.54, 1.807) is 7.11 Å². The summed E-state index contributed by atoms with van der Waals surface area (Å²) >= 11 is 0. The number of para-hydroxylation sites is 1. The molecule has 0 aromatic heterocycles. The van der Waals surface area contributed by atoms with Gasteiger partial charge in [-0.3, -0.25) is 0 Å². The summed E-state index contributed by atoms with van der Waals surface area (Å²) < 4.78 is 5.44. The second kappa shape index (κ2) is 8.13. The predicted molar refractivity (Wildman–Crippen MR) is 105 cm³/mol. The Morgan fingerprint density at radius 1 is 0.833 bits per heavy atom. The Labute approximate surface area is 146 Å². The van der Waals surface area contributed by atoms with E-state index in [1.807, 2.05) is 12.1 Å². The Morgan fingerprint density at radius 2 is 1.62 bits per heavy atom. The van der Waals surface area contributed by atoms with Crippen molar-refractivity contribution in [3.8, 4) is 5.75 Å². The van der Waals surface area contributed by atoms with Gasteiger partial charge in [-0.2, -0.15) is 0 Å². The highest BCUT2D eigenvalue weighted by Crippen LogP contribution is 2.22. The molecule has 0 aliphatic rings. The zero-order valence-corrected chi connectivity index (χ0v) is 15.3. The molecule has 0 fully saturated rings. The third-order valence-corrected chi connectivity index (χ3v) is 5.45. The molecule has 0 heterocycles. The summed E-state index contributed by atoms with van der Waals surface area (Å²) in [5.41, 5.74) is 5.31. The van der Waals surface area contributed by atoms with E-state index in [0.717, 1.165) is 26.9 Å².